The third kappa shape index (κ3) is 3.68. The molecular weight excluding hydrogens is 380 g/mol. The fourth-order valence-electron chi connectivity index (χ4n) is 1.56. The van der Waals surface area contributed by atoms with Crippen LogP contribution in [-0.4, -0.2) is 15.5 Å². The van der Waals surface area contributed by atoms with E-state index in [1.54, 1.807) is 18.2 Å². The van der Waals surface area contributed by atoms with Crippen molar-refractivity contribution in [1.29, 1.82) is 0 Å². The quantitative estimate of drug-likeness (QED) is 0.783. The van der Waals surface area contributed by atoms with Gasteiger partial charge in [-0.15, -0.1) is 0 Å². The first-order chi connectivity index (χ1) is 9.83. The molecule has 112 valence electrons. The Hall–Kier alpha value is -1.28. The Bertz CT molecular complexity index is 781. The van der Waals surface area contributed by atoms with E-state index in [0.29, 0.717) is 16.5 Å². The highest BCUT2D eigenvalue weighted by molar-refractivity contribution is 9.10. The molecule has 0 heterocycles. The molecule has 5 nitrogen and oxygen atoms in total. The van der Waals surface area contributed by atoms with Gasteiger partial charge in [-0.05, 0) is 37.4 Å². The molecule has 2 aromatic rings. The molecular formula is C13H12BrClN2O3S. The van der Waals surface area contributed by atoms with E-state index in [1.165, 1.54) is 25.2 Å². The van der Waals surface area contributed by atoms with Crippen LogP contribution in [0, 0.1) is 0 Å². The van der Waals surface area contributed by atoms with E-state index in [9.17, 15) is 8.42 Å². The molecule has 8 heteroatoms. The zero-order chi connectivity index (χ0) is 15.6. The first-order valence-corrected chi connectivity index (χ1v) is 8.45. The second-order valence-corrected chi connectivity index (χ2v) is 7.29. The van der Waals surface area contributed by atoms with Gasteiger partial charge in [-0.2, -0.15) is 0 Å². The van der Waals surface area contributed by atoms with Crippen molar-refractivity contribution in [3.05, 3.63) is 45.9 Å². The van der Waals surface area contributed by atoms with Gasteiger partial charge >= 0.3 is 0 Å². The minimum atomic E-state index is -3.58. The van der Waals surface area contributed by atoms with Crippen molar-refractivity contribution in [2.75, 3.05) is 12.8 Å². The van der Waals surface area contributed by atoms with E-state index in [1.807, 2.05) is 0 Å². The van der Waals surface area contributed by atoms with Crippen LogP contribution >= 0.6 is 27.5 Å². The minimum Gasteiger partial charge on any atom is -0.454 e. The lowest BCUT2D eigenvalue weighted by molar-refractivity contribution is 0.483. The maximum atomic E-state index is 11.8. The van der Waals surface area contributed by atoms with Crippen LogP contribution in [0.4, 0.5) is 5.69 Å². The smallest absolute Gasteiger partial charge is 0.240 e. The number of nitrogens with two attached hydrogens (primary N) is 1. The molecule has 21 heavy (non-hydrogen) atoms. The topological polar surface area (TPSA) is 81.4 Å². The SMILES string of the molecule is CNS(=O)(=O)c1ccc(N)c(Oc2cc(Br)ccc2Cl)c1. The van der Waals surface area contributed by atoms with Crippen molar-refractivity contribution in [1.82, 2.24) is 4.72 Å². The Morgan fingerprint density at radius 2 is 1.90 bits per heavy atom. The average molecular weight is 392 g/mol. The van der Waals surface area contributed by atoms with Crippen LogP contribution in [0.15, 0.2) is 45.8 Å². The summed E-state index contributed by atoms with van der Waals surface area (Å²) >= 11 is 9.35. The van der Waals surface area contributed by atoms with Crippen LogP contribution in [0.3, 0.4) is 0 Å². The second kappa shape index (κ2) is 6.23. The second-order valence-electron chi connectivity index (χ2n) is 4.08. The molecule has 0 atom stereocenters. The van der Waals surface area contributed by atoms with Crippen molar-refractivity contribution in [2.24, 2.45) is 0 Å². The van der Waals surface area contributed by atoms with E-state index in [2.05, 4.69) is 20.7 Å². The molecule has 0 saturated heterocycles. The number of benzene rings is 2. The molecule has 2 rings (SSSR count). The van der Waals surface area contributed by atoms with Gasteiger partial charge in [0.2, 0.25) is 10.0 Å². The summed E-state index contributed by atoms with van der Waals surface area (Å²) < 4.78 is 32.2. The lowest BCUT2D eigenvalue weighted by Crippen LogP contribution is -2.18. The Morgan fingerprint density at radius 3 is 2.57 bits per heavy atom. The standard InChI is InChI=1S/C13H12BrClN2O3S/c1-17-21(18,19)9-3-5-11(16)13(7-9)20-12-6-8(14)2-4-10(12)15/h2-7,17H,16H2,1H3. The predicted octanol–water partition coefficient (Wildman–Crippen LogP) is 3.39. The Morgan fingerprint density at radius 1 is 1.19 bits per heavy atom. The van der Waals surface area contributed by atoms with Crippen molar-refractivity contribution >= 4 is 43.2 Å². The van der Waals surface area contributed by atoms with Crippen LogP contribution in [0.1, 0.15) is 0 Å². The molecule has 3 N–H and O–H groups in total. The van der Waals surface area contributed by atoms with E-state index >= 15 is 0 Å². The number of hydrogen-bond acceptors (Lipinski definition) is 4. The van der Waals surface area contributed by atoms with Gasteiger partial charge in [0.05, 0.1) is 15.6 Å². The summed E-state index contributed by atoms with van der Waals surface area (Å²) in [6.45, 7) is 0. The molecule has 0 aliphatic heterocycles. The van der Waals surface area contributed by atoms with E-state index in [-0.39, 0.29) is 10.6 Å². The molecule has 0 amide bonds. The normalized spacial score (nSPS) is 11.4. The lowest BCUT2D eigenvalue weighted by atomic mass is 10.3. The maximum absolute atomic E-state index is 11.8. The summed E-state index contributed by atoms with van der Waals surface area (Å²) in [5, 5.41) is 0.388. The highest BCUT2D eigenvalue weighted by atomic mass is 79.9. The number of hydrogen-bond donors (Lipinski definition) is 2. The highest BCUT2D eigenvalue weighted by Crippen LogP contribution is 2.35. The molecule has 0 radical (unpaired) electrons. The molecule has 2 aromatic carbocycles. The average Bonchev–Trinajstić information content (AvgIpc) is 2.45. The molecule has 0 saturated carbocycles. The van der Waals surface area contributed by atoms with Crippen molar-refractivity contribution in [3.8, 4) is 11.5 Å². The van der Waals surface area contributed by atoms with Crippen molar-refractivity contribution in [3.63, 3.8) is 0 Å². The van der Waals surface area contributed by atoms with Crippen LogP contribution in [0.5, 0.6) is 11.5 Å². The number of nitrogen functional groups attached to an aromatic ring is 1. The first kappa shape index (κ1) is 16.1. The third-order valence-electron chi connectivity index (χ3n) is 2.68. The number of anilines is 1. The van der Waals surface area contributed by atoms with Crippen molar-refractivity contribution in [2.45, 2.75) is 4.90 Å². The monoisotopic (exact) mass is 390 g/mol. The first-order valence-electron chi connectivity index (χ1n) is 5.79. The highest BCUT2D eigenvalue weighted by Gasteiger charge is 2.15. The molecule has 0 unspecified atom stereocenters. The lowest BCUT2D eigenvalue weighted by Gasteiger charge is -2.12. The fraction of sp³-hybridized carbons (Fsp3) is 0.0769. The summed E-state index contributed by atoms with van der Waals surface area (Å²) in [7, 11) is -2.25. The molecule has 0 fully saturated rings. The Kier molecular flexibility index (Phi) is 4.77. The van der Waals surface area contributed by atoms with Gasteiger partial charge < -0.3 is 10.5 Å². The number of sulfonamides is 1. The molecule has 0 bridgehead atoms. The number of nitrogens with one attached hydrogen (secondary N) is 1. The van der Waals surface area contributed by atoms with Crippen molar-refractivity contribution < 1.29 is 13.2 Å². The van der Waals surface area contributed by atoms with Gasteiger partial charge in [0, 0.05) is 10.5 Å². The van der Waals surface area contributed by atoms with Gasteiger partial charge in [0.25, 0.3) is 0 Å². The van der Waals surface area contributed by atoms with Crippen LogP contribution < -0.4 is 15.2 Å². The molecule has 0 aromatic heterocycles. The van der Waals surface area contributed by atoms with Gasteiger partial charge in [0.1, 0.15) is 5.75 Å². The molecule has 0 aliphatic rings. The maximum Gasteiger partial charge on any atom is 0.240 e. The minimum absolute atomic E-state index is 0.0559. The Balaban J connectivity index is 2.45. The number of ether oxygens (including phenoxy) is 1. The largest absolute Gasteiger partial charge is 0.454 e. The van der Waals surface area contributed by atoms with Crippen LogP contribution in [-0.2, 0) is 10.0 Å². The zero-order valence-corrected chi connectivity index (χ0v) is 14.1. The summed E-state index contributed by atoms with van der Waals surface area (Å²) in [5.74, 6) is 0.586. The number of halogens is 2. The Labute approximate surface area is 136 Å². The summed E-state index contributed by atoms with van der Waals surface area (Å²) in [6.07, 6.45) is 0. The van der Waals surface area contributed by atoms with Gasteiger partial charge in [0.15, 0.2) is 5.75 Å². The predicted molar refractivity (Wildman–Crippen MR) is 86.3 cm³/mol. The van der Waals surface area contributed by atoms with Gasteiger partial charge in [-0.25, -0.2) is 13.1 Å². The van der Waals surface area contributed by atoms with Gasteiger partial charge in [-0.1, -0.05) is 27.5 Å². The molecule has 0 aliphatic carbocycles. The van der Waals surface area contributed by atoms with E-state index < -0.39 is 10.0 Å². The third-order valence-corrected chi connectivity index (χ3v) is 4.89. The summed E-state index contributed by atoms with van der Waals surface area (Å²) in [5.41, 5.74) is 6.12. The summed E-state index contributed by atoms with van der Waals surface area (Å²) in [6, 6.07) is 9.30. The molecule has 0 spiro atoms. The van der Waals surface area contributed by atoms with E-state index in [0.717, 1.165) is 4.47 Å². The van der Waals surface area contributed by atoms with E-state index in [4.69, 9.17) is 22.1 Å². The zero-order valence-electron chi connectivity index (χ0n) is 10.9. The summed E-state index contributed by atoms with van der Waals surface area (Å²) in [4.78, 5) is 0.0559. The fourth-order valence-corrected chi connectivity index (χ4v) is 2.80. The van der Waals surface area contributed by atoms with Crippen LogP contribution in [0.25, 0.3) is 0 Å². The van der Waals surface area contributed by atoms with Gasteiger partial charge in [-0.3, -0.25) is 0 Å². The number of rotatable bonds is 4. The van der Waals surface area contributed by atoms with Crippen LogP contribution in [0.2, 0.25) is 5.02 Å².